The molecule has 6 rings (SSSR count). The lowest BCUT2D eigenvalue weighted by Gasteiger charge is -2.33. The fourth-order valence-electron chi connectivity index (χ4n) is 7.70. The summed E-state index contributed by atoms with van der Waals surface area (Å²) in [6.45, 7) is 11.3. The number of benzene rings is 1. The number of hydrogen-bond donors (Lipinski definition) is 1. The number of amides is 1. The van der Waals surface area contributed by atoms with Crippen LogP contribution in [0.2, 0.25) is 0 Å². The van der Waals surface area contributed by atoms with Gasteiger partial charge in [0.1, 0.15) is 11.9 Å². The second kappa shape index (κ2) is 11.1. The molecule has 222 valence electrons. The predicted octanol–water partition coefficient (Wildman–Crippen LogP) is 7.37. The van der Waals surface area contributed by atoms with Gasteiger partial charge in [-0.25, -0.2) is 0 Å². The maximum atomic E-state index is 13.8. The topological polar surface area (TPSA) is 69.6 Å². The average Bonchev–Trinajstić information content (AvgIpc) is 3.65. The van der Waals surface area contributed by atoms with Gasteiger partial charge in [-0.05, 0) is 99.8 Å². The molecular weight excluding hydrogens is 512 g/mol. The molecule has 1 aliphatic heterocycles. The molecule has 0 radical (unpaired) electrons. The van der Waals surface area contributed by atoms with Crippen molar-refractivity contribution >= 4 is 12.4 Å². The van der Waals surface area contributed by atoms with Crippen molar-refractivity contribution in [2.75, 3.05) is 6.61 Å². The Hall–Kier alpha value is -2.76. The van der Waals surface area contributed by atoms with Crippen LogP contribution in [0.5, 0.6) is 5.75 Å². The molecular formula is C35H48N2O4. The Bertz CT molecular complexity index is 1270. The molecule has 2 heterocycles. The number of carbonyl (C=O) groups excluding carboxylic acids is 2. The smallest absolute Gasteiger partial charge is 0.293 e. The van der Waals surface area contributed by atoms with Gasteiger partial charge < -0.3 is 19.4 Å². The Morgan fingerprint density at radius 3 is 2.44 bits per heavy atom. The molecule has 1 amide bonds. The number of ether oxygens (including phenoxy) is 2. The van der Waals surface area contributed by atoms with E-state index in [1.54, 1.807) is 0 Å². The summed E-state index contributed by atoms with van der Waals surface area (Å²) in [6.07, 6.45) is 13.3. The summed E-state index contributed by atoms with van der Waals surface area (Å²) in [5, 5.41) is 3.33. The van der Waals surface area contributed by atoms with Gasteiger partial charge in [-0.15, -0.1) is 0 Å². The van der Waals surface area contributed by atoms with E-state index in [-0.39, 0.29) is 28.9 Å². The zero-order valence-corrected chi connectivity index (χ0v) is 25.5. The molecule has 6 heteroatoms. The fraction of sp³-hybridized carbons (Fsp3) is 0.657. The molecule has 0 unspecified atom stereocenters. The summed E-state index contributed by atoms with van der Waals surface area (Å²) in [5.41, 5.74) is 7.12. The van der Waals surface area contributed by atoms with Crippen LogP contribution in [0.25, 0.3) is 11.3 Å². The minimum absolute atomic E-state index is 0.0156. The minimum atomic E-state index is -0.0457. The molecule has 0 bridgehead atoms. The molecule has 1 N–H and O–H groups in total. The van der Waals surface area contributed by atoms with Gasteiger partial charge >= 0.3 is 0 Å². The summed E-state index contributed by atoms with van der Waals surface area (Å²) in [4.78, 5) is 24.5. The number of hydrogen-bond acceptors (Lipinski definition) is 4. The first-order valence-corrected chi connectivity index (χ1v) is 16.1. The third-order valence-corrected chi connectivity index (χ3v) is 10.5. The standard InChI is InChI=1S/C35H48N2O4/c1-23-28(33(39)36-26-10-12-27(13-11-26)41-22-38)20-31(37(23)21-24-8-6-5-7-9-24)25-18-29(34(2,3)4)32-30(19-25)35(14-15-35)16-17-40-32/h18-20,22,24,26-27H,5-17,21H2,1-4H3,(H,36,39). The summed E-state index contributed by atoms with van der Waals surface area (Å²) in [6, 6.07) is 7.02. The van der Waals surface area contributed by atoms with Gasteiger partial charge in [0.2, 0.25) is 0 Å². The van der Waals surface area contributed by atoms with Gasteiger partial charge in [0.25, 0.3) is 12.4 Å². The predicted molar refractivity (Wildman–Crippen MR) is 162 cm³/mol. The molecule has 2 aromatic rings. The maximum absolute atomic E-state index is 13.8. The van der Waals surface area contributed by atoms with Crippen molar-refractivity contribution in [3.63, 3.8) is 0 Å². The van der Waals surface area contributed by atoms with Gasteiger partial charge in [-0.2, -0.15) is 0 Å². The zero-order chi connectivity index (χ0) is 28.8. The monoisotopic (exact) mass is 560 g/mol. The van der Waals surface area contributed by atoms with Gasteiger partial charge in [0.05, 0.1) is 12.2 Å². The second-order valence-electron chi connectivity index (χ2n) is 14.4. The second-order valence-corrected chi connectivity index (χ2v) is 14.4. The minimum Gasteiger partial charge on any atom is -0.493 e. The fourth-order valence-corrected chi connectivity index (χ4v) is 7.70. The molecule has 4 aliphatic rings. The Labute approximate surface area is 245 Å². The van der Waals surface area contributed by atoms with Crippen LogP contribution >= 0.6 is 0 Å². The molecule has 1 aromatic carbocycles. The van der Waals surface area contributed by atoms with E-state index in [2.05, 4.69) is 55.8 Å². The van der Waals surface area contributed by atoms with Gasteiger partial charge in [-0.1, -0.05) is 40.0 Å². The van der Waals surface area contributed by atoms with Crippen molar-refractivity contribution in [3.05, 3.63) is 40.6 Å². The first kappa shape index (κ1) is 28.4. The van der Waals surface area contributed by atoms with E-state index in [4.69, 9.17) is 9.47 Å². The van der Waals surface area contributed by atoms with Crippen LogP contribution in [0, 0.1) is 12.8 Å². The third-order valence-electron chi connectivity index (χ3n) is 10.5. The molecule has 41 heavy (non-hydrogen) atoms. The molecule has 3 fully saturated rings. The summed E-state index contributed by atoms with van der Waals surface area (Å²) in [5.74, 6) is 1.77. The van der Waals surface area contributed by atoms with Crippen LogP contribution < -0.4 is 10.1 Å². The van der Waals surface area contributed by atoms with Gasteiger partial charge in [0, 0.05) is 40.5 Å². The number of fused-ring (bicyclic) bond motifs is 2. The summed E-state index contributed by atoms with van der Waals surface area (Å²) in [7, 11) is 0. The Morgan fingerprint density at radius 1 is 1.05 bits per heavy atom. The van der Waals surface area contributed by atoms with Crippen LogP contribution in [0.1, 0.15) is 125 Å². The Morgan fingerprint density at radius 2 is 1.78 bits per heavy atom. The largest absolute Gasteiger partial charge is 0.493 e. The lowest BCUT2D eigenvalue weighted by Crippen LogP contribution is -2.39. The molecule has 0 saturated heterocycles. The van der Waals surface area contributed by atoms with Crippen molar-refractivity contribution in [1.29, 1.82) is 0 Å². The van der Waals surface area contributed by atoms with Crippen LogP contribution in [-0.2, 0) is 26.9 Å². The Balaban J connectivity index is 1.37. The Kier molecular flexibility index (Phi) is 7.71. The number of nitrogens with one attached hydrogen (secondary N) is 1. The lowest BCUT2D eigenvalue weighted by molar-refractivity contribution is -0.135. The van der Waals surface area contributed by atoms with E-state index in [9.17, 15) is 9.59 Å². The highest BCUT2D eigenvalue weighted by molar-refractivity contribution is 5.97. The molecule has 1 aromatic heterocycles. The number of aromatic nitrogens is 1. The highest BCUT2D eigenvalue weighted by Crippen LogP contribution is 2.58. The normalized spacial score (nSPS) is 23.9. The maximum Gasteiger partial charge on any atom is 0.293 e. The van der Waals surface area contributed by atoms with E-state index in [0.29, 0.717) is 12.4 Å². The molecule has 3 saturated carbocycles. The lowest BCUT2D eigenvalue weighted by atomic mass is 9.79. The average molecular weight is 561 g/mol. The number of nitrogens with zero attached hydrogens (tertiary/aromatic N) is 1. The van der Waals surface area contributed by atoms with E-state index in [1.165, 1.54) is 61.6 Å². The van der Waals surface area contributed by atoms with Crippen LogP contribution in [0.15, 0.2) is 18.2 Å². The number of rotatable bonds is 7. The van der Waals surface area contributed by atoms with Crippen molar-refractivity contribution in [1.82, 2.24) is 9.88 Å². The molecule has 6 nitrogen and oxygen atoms in total. The van der Waals surface area contributed by atoms with E-state index in [0.717, 1.165) is 68.0 Å². The van der Waals surface area contributed by atoms with Crippen LogP contribution in [0.3, 0.4) is 0 Å². The third kappa shape index (κ3) is 5.68. The highest BCUT2D eigenvalue weighted by atomic mass is 16.5. The van der Waals surface area contributed by atoms with E-state index in [1.807, 2.05) is 0 Å². The van der Waals surface area contributed by atoms with Crippen molar-refractivity contribution in [3.8, 4) is 17.0 Å². The van der Waals surface area contributed by atoms with Crippen LogP contribution in [0.4, 0.5) is 0 Å². The van der Waals surface area contributed by atoms with Gasteiger partial charge in [0.15, 0.2) is 0 Å². The zero-order valence-electron chi connectivity index (χ0n) is 25.5. The van der Waals surface area contributed by atoms with E-state index >= 15 is 0 Å². The van der Waals surface area contributed by atoms with Crippen LogP contribution in [-0.4, -0.2) is 35.7 Å². The SMILES string of the molecule is Cc1c(C(=O)NC2CCC(OC=O)CC2)cc(-c2cc(C(C)(C)C)c3c(c2)C2(CCO3)CC2)n1CC1CCCCC1. The first-order valence-electron chi connectivity index (χ1n) is 16.1. The quantitative estimate of drug-likeness (QED) is 0.359. The highest BCUT2D eigenvalue weighted by Gasteiger charge is 2.49. The summed E-state index contributed by atoms with van der Waals surface area (Å²) >= 11 is 0. The first-order chi connectivity index (χ1) is 19.7. The summed E-state index contributed by atoms with van der Waals surface area (Å²) < 4.78 is 14.0. The van der Waals surface area contributed by atoms with E-state index < -0.39 is 0 Å². The van der Waals surface area contributed by atoms with Crippen molar-refractivity contribution in [2.45, 2.75) is 134 Å². The molecule has 0 atom stereocenters. The van der Waals surface area contributed by atoms with Gasteiger partial charge in [-0.3, -0.25) is 9.59 Å². The molecule has 1 spiro atoms. The van der Waals surface area contributed by atoms with Crippen molar-refractivity contribution < 1.29 is 19.1 Å². The number of carbonyl (C=O) groups is 2. The molecule has 3 aliphatic carbocycles. The van der Waals surface area contributed by atoms with Crippen molar-refractivity contribution in [2.24, 2.45) is 5.92 Å².